The fraction of sp³-hybridized carbons (Fsp3) is 0.250. The van der Waals surface area contributed by atoms with Crippen molar-refractivity contribution in [2.24, 2.45) is 0 Å². The molecule has 8 nitrogen and oxygen atoms in total. The molecule has 2 fully saturated rings. The summed E-state index contributed by atoms with van der Waals surface area (Å²) in [5.41, 5.74) is 5.41. The Morgan fingerprint density at radius 2 is 1.93 bits per heavy atom. The lowest BCUT2D eigenvalue weighted by atomic mass is 10.1. The Labute approximate surface area is 169 Å². The van der Waals surface area contributed by atoms with E-state index >= 15 is 0 Å². The molecule has 2 aromatic carbocycles. The summed E-state index contributed by atoms with van der Waals surface area (Å²) in [6, 6.07) is 14.3. The third-order valence-corrected chi connectivity index (χ3v) is 7.16. The Morgan fingerprint density at radius 3 is 2.72 bits per heavy atom. The number of imidazole rings is 1. The number of hydrogen-bond donors (Lipinski definition) is 3. The van der Waals surface area contributed by atoms with E-state index in [4.69, 9.17) is 10.5 Å². The molecule has 29 heavy (non-hydrogen) atoms. The molecule has 4 N–H and O–H groups in total. The highest BCUT2D eigenvalue weighted by Gasteiger charge is 2.77. The summed E-state index contributed by atoms with van der Waals surface area (Å²) in [6.07, 6.45) is 0.473. The van der Waals surface area contributed by atoms with Gasteiger partial charge in [-0.15, -0.1) is 11.8 Å². The summed E-state index contributed by atoms with van der Waals surface area (Å²) in [5.74, 6) is 0.259. The first-order chi connectivity index (χ1) is 14.1. The van der Waals surface area contributed by atoms with E-state index in [1.54, 1.807) is 4.57 Å². The number of rotatable bonds is 3. The maximum atomic E-state index is 11.1. The van der Waals surface area contributed by atoms with Crippen molar-refractivity contribution in [2.45, 2.75) is 34.2 Å². The molecule has 0 radical (unpaired) electrons. The van der Waals surface area contributed by atoms with Crippen LogP contribution in [0.5, 0.6) is 0 Å². The molecule has 1 unspecified atom stereocenters. The molecular formula is C20H17N5O3S. The number of thioether (sulfide) groups is 1. The first-order valence-corrected chi connectivity index (χ1v) is 10.1. The highest BCUT2D eigenvalue weighted by molar-refractivity contribution is 8.00. The van der Waals surface area contributed by atoms with Crippen LogP contribution in [-0.2, 0) is 4.74 Å². The van der Waals surface area contributed by atoms with E-state index in [0.717, 1.165) is 15.7 Å². The Kier molecular flexibility index (Phi) is 3.49. The molecule has 5 atom stereocenters. The van der Waals surface area contributed by atoms with E-state index in [9.17, 15) is 10.2 Å². The van der Waals surface area contributed by atoms with E-state index in [0.29, 0.717) is 11.2 Å². The lowest BCUT2D eigenvalue weighted by Crippen LogP contribution is -2.36. The van der Waals surface area contributed by atoms with Crippen LogP contribution >= 0.6 is 11.8 Å². The van der Waals surface area contributed by atoms with Crippen molar-refractivity contribution in [2.75, 3.05) is 5.73 Å². The van der Waals surface area contributed by atoms with Gasteiger partial charge in [0.25, 0.3) is 0 Å². The van der Waals surface area contributed by atoms with Gasteiger partial charge in [0.05, 0.1) is 11.6 Å². The Hall–Kier alpha value is -2.72. The quantitative estimate of drug-likeness (QED) is 0.470. The van der Waals surface area contributed by atoms with Crippen LogP contribution in [0.2, 0.25) is 0 Å². The third kappa shape index (κ3) is 2.35. The second-order valence-electron chi connectivity index (χ2n) is 7.41. The van der Waals surface area contributed by atoms with Gasteiger partial charge < -0.3 is 20.7 Å². The minimum Gasteiger partial charge on any atom is -0.385 e. The van der Waals surface area contributed by atoms with Gasteiger partial charge in [0.1, 0.15) is 29.7 Å². The molecule has 3 heterocycles. The molecule has 0 spiro atoms. The maximum Gasteiger partial charge on any atom is 0.167 e. The first kappa shape index (κ1) is 17.2. The Bertz CT molecular complexity index is 1260. The largest absolute Gasteiger partial charge is 0.385 e. The van der Waals surface area contributed by atoms with E-state index in [-0.39, 0.29) is 11.1 Å². The maximum absolute atomic E-state index is 11.1. The van der Waals surface area contributed by atoms with Crippen LogP contribution in [0.15, 0.2) is 60.0 Å². The van der Waals surface area contributed by atoms with Crippen LogP contribution in [0.3, 0.4) is 0 Å². The van der Waals surface area contributed by atoms with Gasteiger partial charge in [0.2, 0.25) is 0 Å². The van der Waals surface area contributed by atoms with Crippen LogP contribution < -0.4 is 5.73 Å². The van der Waals surface area contributed by atoms with E-state index in [1.807, 2.05) is 18.2 Å². The summed E-state index contributed by atoms with van der Waals surface area (Å²) in [7, 11) is 0. The number of aliphatic hydroxyl groups excluding tert-OH is 1. The minimum absolute atomic E-state index is 0.246. The summed E-state index contributed by atoms with van der Waals surface area (Å²) in [4.78, 5) is 13.3. The first-order valence-electron chi connectivity index (χ1n) is 9.22. The Morgan fingerprint density at radius 1 is 1.10 bits per heavy atom. The molecule has 1 aliphatic heterocycles. The van der Waals surface area contributed by atoms with Crippen molar-refractivity contribution in [3.8, 4) is 0 Å². The second kappa shape index (κ2) is 5.90. The summed E-state index contributed by atoms with van der Waals surface area (Å²) in [5, 5.41) is 24.0. The third-order valence-electron chi connectivity index (χ3n) is 5.75. The number of aliphatic hydroxyl groups is 2. The topological polar surface area (TPSA) is 119 Å². The summed E-state index contributed by atoms with van der Waals surface area (Å²) >= 11 is 1.52. The molecular weight excluding hydrogens is 390 g/mol. The Balaban J connectivity index is 1.26. The molecule has 0 amide bonds. The van der Waals surface area contributed by atoms with Crippen LogP contribution in [-0.4, -0.2) is 52.8 Å². The fourth-order valence-electron chi connectivity index (χ4n) is 4.12. The van der Waals surface area contributed by atoms with E-state index < -0.39 is 24.0 Å². The molecule has 4 aromatic rings. The monoisotopic (exact) mass is 407 g/mol. The second-order valence-corrected chi connectivity index (χ2v) is 8.62. The van der Waals surface area contributed by atoms with Crippen molar-refractivity contribution >= 4 is 39.5 Å². The molecule has 6 rings (SSSR count). The number of fused-ring (bicyclic) bond motifs is 3. The molecule has 2 aromatic heterocycles. The van der Waals surface area contributed by atoms with E-state index in [1.165, 1.54) is 24.4 Å². The van der Waals surface area contributed by atoms with Crippen LogP contribution in [0.4, 0.5) is 5.82 Å². The predicted molar refractivity (Wildman–Crippen MR) is 108 cm³/mol. The zero-order chi connectivity index (χ0) is 19.8. The van der Waals surface area contributed by atoms with Crippen molar-refractivity contribution in [1.82, 2.24) is 19.5 Å². The predicted octanol–water partition coefficient (Wildman–Crippen LogP) is 1.73. The minimum atomic E-state index is -1.32. The highest BCUT2D eigenvalue weighted by Crippen LogP contribution is 2.60. The number of ether oxygens (including phenoxy) is 1. The van der Waals surface area contributed by atoms with E-state index in [2.05, 4.69) is 39.2 Å². The van der Waals surface area contributed by atoms with Crippen LogP contribution in [0.25, 0.3) is 21.9 Å². The number of hydrogen-bond acceptors (Lipinski definition) is 8. The number of benzene rings is 2. The number of nitrogens with zero attached hydrogens (tertiary/aromatic N) is 4. The summed E-state index contributed by atoms with van der Waals surface area (Å²) in [6.45, 7) is 0. The number of aromatic nitrogens is 4. The van der Waals surface area contributed by atoms with Gasteiger partial charge >= 0.3 is 0 Å². The van der Waals surface area contributed by atoms with Crippen LogP contribution in [0.1, 0.15) is 6.23 Å². The SMILES string of the molecule is Nc1ncnc2c1ncn2[C@@H]1O[C@@H]2C(Sc3ccc4ccccc4c3)[C@]2(O)[C@H]1O. The average molecular weight is 407 g/mol. The van der Waals surface area contributed by atoms with Gasteiger partial charge in [-0.2, -0.15) is 0 Å². The normalized spacial score (nSPS) is 30.7. The van der Waals surface area contributed by atoms with Gasteiger partial charge in [0.15, 0.2) is 17.7 Å². The van der Waals surface area contributed by atoms with Gasteiger partial charge in [-0.3, -0.25) is 4.57 Å². The summed E-state index contributed by atoms with van der Waals surface area (Å²) < 4.78 is 7.61. The molecule has 0 bridgehead atoms. The lowest BCUT2D eigenvalue weighted by Gasteiger charge is -2.23. The molecule has 2 aliphatic rings. The molecule has 1 aliphatic carbocycles. The average Bonchev–Trinajstić information content (AvgIpc) is 3.03. The van der Waals surface area contributed by atoms with Gasteiger partial charge in [-0.1, -0.05) is 30.3 Å². The van der Waals surface area contributed by atoms with Crippen molar-refractivity contribution in [1.29, 1.82) is 0 Å². The molecule has 1 saturated heterocycles. The zero-order valence-corrected chi connectivity index (χ0v) is 15.9. The highest BCUT2D eigenvalue weighted by atomic mass is 32.2. The molecule has 9 heteroatoms. The van der Waals surface area contributed by atoms with Gasteiger partial charge in [-0.05, 0) is 22.9 Å². The number of anilines is 1. The van der Waals surface area contributed by atoms with Crippen molar-refractivity contribution in [3.63, 3.8) is 0 Å². The standard InChI is InChI=1S/C20H17N5O3S/c21-17-13-18(23-8-22-17)25(9-24-13)19-14(26)20(27)15(28-19)16(20)29-12-6-5-10-3-1-2-4-11(10)7-12/h1-9,14-16,19,26-27H,(H2,21,22,23)/t14-,15+,16?,19+,20-/m0/s1. The zero-order valence-electron chi connectivity index (χ0n) is 15.1. The van der Waals surface area contributed by atoms with Crippen molar-refractivity contribution in [3.05, 3.63) is 55.1 Å². The molecule has 146 valence electrons. The van der Waals surface area contributed by atoms with Crippen LogP contribution in [0, 0.1) is 0 Å². The molecule has 1 saturated carbocycles. The lowest BCUT2D eigenvalue weighted by molar-refractivity contribution is -0.0601. The number of nitrogen functional groups attached to an aromatic ring is 1. The van der Waals surface area contributed by atoms with Gasteiger partial charge in [-0.25, -0.2) is 15.0 Å². The number of nitrogens with two attached hydrogens (primary N) is 1. The smallest absolute Gasteiger partial charge is 0.167 e. The van der Waals surface area contributed by atoms with Crippen molar-refractivity contribution < 1.29 is 14.9 Å². The van der Waals surface area contributed by atoms with Gasteiger partial charge in [0, 0.05) is 4.90 Å². The fourth-order valence-corrected chi connectivity index (χ4v) is 5.54.